The van der Waals surface area contributed by atoms with E-state index in [1.807, 2.05) is 11.3 Å². The standard InChI is InChI=1S/C81H76BN3S/c1-51-46-70-74-71(47-51)85(75-64-31-23-21-29-62(64)61-28-20-22-30-63(61)73(75)53-26-18-15-19-27-53)69-50-60(83(58-38-32-54(33-39-58)78(2,3)4)68-44-36-56(80(8,9)10)48-65(68)52-24-16-14-17-25-52)42-43-67(69)82(74)77-76(66-49-57(81(11,12)13)37-45-72(66)86-77)84(70)59-40-34-55(35-41-59)79(5,6)7/h14-50H,1-13H3. The van der Waals surface area contributed by atoms with Gasteiger partial charge in [0.25, 0.3) is 6.71 Å². The van der Waals surface area contributed by atoms with Gasteiger partial charge in [-0.25, -0.2) is 0 Å². The molecule has 0 aliphatic carbocycles. The molecule has 0 saturated carbocycles. The third-order valence-corrected chi connectivity index (χ3v) is 19.5. The maximum Gasteiger partial charge on any atom is 0.264 e. The average molecular weight is 1130 g/mol. The fourth-order valence-corrected chi connectivity index (χ4v) is 15.0. The van der Waals surface area contributed by atoms with Crippen LogP contribution in [-0.4, -0.2) is 6.71 Å². The predicted octanol–water partition coefficient (Wildman–Crippen LogP) is 21.6. The Morgan fingerprint density at radius 1 is 0.384 bits per heavy atom. The zero-order chi connectivity index (χ0) is 59.8. The van der Waals surface area contributed by atoms with Gasteiger partial charge in [-0.15, -0.1) is 11.3 Å². The SMILES string of the molecule is Cc1cc2c3c(c1)N(c1c(-c4ccccc4)c4ccccc4c4ccccc14)c1cc(N(c4ccc(C(C)(C)C)cc4)c4ccc(C(C)(C)C)cc4-c4ccccc4)ccc1B3c1sc3ccc(C(C)(C)C)cc3c1N2c1ccc(C(C)(C)C)cc1. The lowest BCUT2D eigenvalue weighted by atomic mass is 9.36. The van der Waals surface area contributed by atoms with Crippen molar-refractivity contribution in [3.05, 3.63) is 252 Å². The van der Waals surface area contributed by atoms with E-state index in [9.17, 15) is 0 Å². The van der Waals surface area contributed by atoms with Crippen molar-refractivity contribution in [1.29, 1.82) is 0 Å². The Labute approximate surface area is 514 Å². The lowest BCUT2D eigenvalue weighted by Gasteiger charge is -2.44. The van der Waals surface area contributed by atoms with Gasteiger partial charge < -0.3 is 14.7 Å². The number of anilines is 9. The molecule has 424 valence electrons. The first kappa shape index (κ1) is 55.2. The summed E-state index contributed by atoms with van der Waals surface area (Å²) in [6, 6.07) is 86.2. The number of hydrogen-bond donors (Lipinski definition) is 0. The second-order valence-electron chi connectivity index (χ2n) is 28.3. The minimum atomic E-state index is -0.0890. The van der Waals surface area contributed by atoms with Gasteiger partial charge in [0.05, 0.1) is 17.1 Å². The number of nitrogens with zero attached hydrogens (tertiary/aromatic N) is 3. The average Bonchev–Trinajstić information content (AvgIpc) is 1.21. The van der Waals surface area contributed by atoms with Crippen LogP contribution in [0.2, 0.25) is 0 Å². The van der Waals surface area contributed by atoms with Crippen LogP contribution in [0.4, 0.5) is 51.2 Å². The first-order chi connectivity index (χ1) is 41.1. The van der Waals surface area contributed by atoms with E-state index in [1.165, 1.54) is 132 Å². The van der Waals surface area contributed by atoms with Crippen molar-refractivity contribution < 1.29 is 0 Å². The number of rotatable bonds is 7. The van der Waals surface area contributed by atoms with Crippen LogP contribution in [0.5, 0.6) is 0 Å². The van der Waals surface area contributed by atoms with Crippen molar-refractivity contribution in [2.24, 2.45) is 0 Å². The smallest absolute Gasteiger partial charge is 0.264 e. The maximum atomic E-state index is 2.71. The fourth-order valence-electron chi connectivity index (χ4n) is 13.7. The summed E-state index contributed by atoms with van der Waals surface area (Å²) in [5, 5.41) is 6.20. The summed E-state index contributed by atoms with van der Waals surface area (Å²) in [6.07, 6.45) is 0. The molecule has 5 heteroatoms. The zero-order valence-corrected chi connectivity index (χ0v) is 53.0. The molecule has 14 rings (SSSR count). The van der Waals surface area contributed by atoms with E-state index in [1.54, 1.807) is 0 Å². The lowest BCUT2D eigenvalue weighted by Crippen LogP contribution is -2.60. The van der Waals surface area contributed by atoms with Gasteiger partial charge in [0.15, 0.2) is 0 Å². The number of aryl methyl sites for hydroxylation is 1. The monoisotopic (exact) mass is 1130 g/mol. The van der Waals surface area contributed by atoms with Gasteiger partial charge in [0, 0.05) is 65.5 Å². The van der Waals surface area contributed by atoms with E-state index in [4.69, 9.17) is 0 Å². The molecular weight excluding hydrogens is 1060 g/mol. The topological polar surface area (TPSA) is 9.72 Å². The third kappa shape index (κ3) is 9.24. The number of benzene rings is 11. The molecular formula is C81H76BN3S. The highest BCUT2D eigenvalue weighted by atomic mass is 32.1. The van der Waals surface area contributed by atoms with E-state index < -0.39 is 0 Å². The summed E-state index contributed by atoms with van der Waals surface area (Å²) in [5.41, 5.74) is 24.2. The molecule has 12 aromatic rings. The van der Waals surface area contributed by atoms with Crippen molar-refractivity contribution in [2.45, 2.75) is 112 Å². The summed E-state index contributed by atoms with van der Waals surface area (Å²) >= 11 is 1.97. The normalized spacial score (nSPS) is 13.3. The van der Waals surface area contributed by atoms with Gasteiger partial charge in [-0.2, -0.15) is 0 Å². The molecule has 0 fully saturated rings. The van der Waals surface area contributed by atoms with Gasteiger partial charge in [0.1, 0.15) is 0 Å². The van der Waals surface area contributed by atoms with E-state index in [0.717, 1.165) is 17.1 Å². The molecule has 2 aliphatic rings. The van der Waals surface area contributed by atoms with Crippen LogP contribution in [0, 0.1) is 6.92 Å². The molecule has 86 heavy (non-hydrogen) atoms. The van der Waals surface area contributed by atoms with Gasteiger partial charge in [0.2, 0.25) is 0 Å². The van der Waals surface area contributed by atoms with Gasteiger partial charge in [-0.05, 0) is 167 Å². The summed E-state index contributed by atoms with van der Waals surface area (Å²) in [5.74, 6) is 0. The van der Waals surface area contributed by atoms with E-state index in [-0.39, 0.29) is 28.4 Å². The first-order valence-corrected chi connectivity index (χ1v) is 31.6. The van der Waals surface area contributed by atoms with E-state index in [0.29, 0.717) is 0 Å². The quantitative estimate of drug-likeness (QED) is 0.116. The Balaban J connectivity index is 1.13. The highest BCUT2D eigenvalue weighted by Crippen LogP contribution is 2.55. The van der Waals surface area contributed by atoms with Crippen molar-refractivity contribution in [1.82, 2.24) is 0 Å². The Kier molecular flexibility index (Phi) is 13.0. The minimum Gasteiger partial charge on any atom is -0.310 e. The summed E-state index contributed by atoms with van der Waals surface area (Å²) < 4.78 is 2.66. The minimum absolute atomic E-state index is 0.00246. The molecule has 0 radical (unpaired) electrons. The number of thiophene rings is 1. The first-order valence-electron chi connectivity index (χ1n) is 30.8. The number of fused-ring (bicyclic) bond motifs is 9. The molecule has 0 amide bonds. The molecule has 0 spiro atoms. The van der Waals surface area contributed by atoms with Crippen LogP contribution in [0.15, 0.2) is 224 Å². The highest BCUT2D eigenvalue weighted by Gasteiger charge is 2.47. The Hall–Kier alpha value is -8.64. The van der Waals surface area contributed by atoms with Crippen molar-refractivity contribution in [3.8, 4) is 22.3 Å². The second kappa shape index (κ2) is 20.2. The van der Waals surface area contributed by atoms with Crippen molar-refractivity contribution in [2.75, 3.05) is 14.7 Å². The molecule has 11 aromatic carbocycles. The van der Waals surface area contributed by atoms with Crippen molar-refractivity contribution in [3.63, 3.8) is 0 Å². The molecule has 3 heterocycles. The molecule has 0 bridgehead atoms. The van der Waals surface area contributed by atoms with Crippen LogP contribution >= 0.6 is 11.3 Å². The third-order valence-electron chi connectivity index (χ3n) is 18.3. The fraction of sp³-hybridized carbons (Fsp3) is 0.210. The molecule has 0 atom stereocenters. The molecule has 2 aliphatic heterocycles. The largest absolute Gasteiger partial charge is 0.310 e. The van der Waals surface area contributed by atoms with Gasteiger partial charge in [-0.1, -0.05) is 235 Å². The zero-order valence-electron chi connectivity index (χ0n) is 52.2. The Morgan fingerprint density at radius 3 is 1.50 bits per heavy atom. The van der Waals surface area contributed by atoms with E-state index in [2.05, 4.69) is 329 Å². The van der Waals surface area contributed by atoms with Gasteiger partial charge in [-0.3, -0.25) is 0 Å². The summed E-state index contributed by atoms with van der Waals surface area (Å²) in [4.78, 5) is 7.88. The molecule has 1 aromatic heterocycles. The van der Waals surface area contributed by atoms with Crippen LogP contribution in [0.25, 0.3) is 53.9 Å². The summed E-state index contributed by atoms with van der Waals surface area (Å²) in [6.45, 7) is 30.1. The molecule has 0 unspecified atom stereocenters. The van der Waals surface area contributed by atoms with Crippen LogP contribution in [-0.2, 0) is 21.7 Å². The van der Waals surface area contributed by atoms with Gasteiger partial charge >= 0.3 is 0 Å². The van der Waals surface area contributed by atoms with Crippen LogP contribution in [0.3, 0.4) is 0 Å². The lowest BCUT2D eigenvalue weighted by molar-refractivity contribution is 0.590. The van der Waals surface area contributed by atoms with Crippen LogP contribution < -0.4 is 30.4 Å². The van der Waals surface area contributed by atoms with Crippen molar-refractivity contribution >= 4 is 117 Å². The van der Waals surface area contributed by atoms with E-state index >= 15 is 0 Å². The summed E-state index contributed by atoms with van der Waals surface area (Å²) in [7, 11) is 0. The maximum absolute atomic E-state index is 2.71. The highest BCUT2D eigenvalue weighted by molar-refractivity contribution is 7.33. The predicted molar refractivity (Wildman–Crippen MR) is 376 cm³/mol. The molecule has 0 saturated heterocycles. The molecule has 3 nitrogen and oxygen atoms in total. The second-order valence-corrected chi connectivity index (χ2v) is 29.4. The Bertz CT molecular complexity index is 4620. The Morgan fingerprint density at radius 2 is 0.884 bits per heavy atom. The molecule has 0 N–H and O–H groups in total. The number of hydrogen-bond acceptors (Lipinski definition) is 4. The van der Waals surface area contributed by atoms with Crippen LogP contribution in [0.1, 0.15) is 111 Å².